The molecule has 0 fully saturated rings. The van der Waals surface area contributed by atoms with Crippen LogP contribution in [0.25, 0.3) is 22.0 Å². The lowest BCUT2D eigenvalue weighted by molar-refractivity contribution is -0.143. The molecule has 0 spiro atoms. The first-order chi connectivity index (χ1) is 12.0. The zero-order valence-corrected chi connectivity index (χ0v) is 14.1. The third-order valence-corrected chi connectivity index (χ3v) is 4.00. The molecule has 128 valence electrons. The largest absolute Gasteiger partial charge is 0.465 e. The zero-order valence-electron chi connectivity index (χ0n) is 13.3. The van der Waals surface area contributed by atoms with Gasteiger partial charge in [-0.1, -0.05) is 23.7 Å². The normalized spacial score (nSPS) is 10.8. The van der Waals surface area contributed by atoms with Crippen LogP contribution in [0, 0.1) is 5.82 Å². The fraction of sp³-hybridized carbons (Fsp3) is 0.167. The smallest absolute Gasteiger partial charge is 0.325 e. The first-order valence-electron chi connectivity index (χ1n) is 7.60. The van der Waals surface area contributed by atoms with Crippen LogP contribution >= 0.6 is 11.6 Å². The van der Waals surface area contributed by atoms with Crippen molar-refractivity contribution in [3.63, 3.8) is 0 Å². The fourth-order valence-electron chi connectivity index (χ4n) is 2.61. The molecule has 2 aromatic heterocycles. The van der Waals surface area contributed by atoms with E-state index in [9.17, 15) is 14.0 Å². The van der Waals surface area contributed by atoms with Gasteiger partial charge in [0, 0.05) is 18.0 Å². The van der Waals surface area contributed by atoms with Gasteiger partial charge in [0.1, 0.15) is 17.5 Å². The number of fused-ring (bicyclic) bond motifs is 1. The fourth-order valence-corrected chi connectivity index (χ4v) is 2.85. The number of carbonyl (C=O) groups excluding carboxylic acids is 1. The highest BCUT2D eigenvalue weighted by molar-refractivity contribution is 6.34. The molecule has 0 aliphatic carbocycles. The number of rotatable bonds is 4. The zero-order chi connectivity index (χ0) is 18.0. The molecule has 0 saturated heterocycles. The van der Waals surface area contributed by atoms with Gasteiger partial charge in [0.2, 0.25) is 0 Å². The van der Waals surface area contributed by atoms with Crippen molar-refractivity contribution in [1.82, 2.24) is 9.55 Å². The second-order valence-electron chi connectivity index (χ2n) is 5.31. The number of aromatic nitrogens is 2. The number of nitrogens with zero attached hydrogens (tertiary/aromatic N) is 2. The standard InChI is InChI=1S/C18H14ClFN2O3/c1-2-25-15(23)10-22-9-13(11-3-5-12(20)6-4-11)17(24)16-14(22)7-8-21-18(16)19/h3-9H,2,10H2,1H3. The van der Waals surface area contributed by atoms with Gasteiger partial charge in [0.15, 0.2) is 5.43 Å². The molecule has 3 aromatic rings. The van der Waals surface area contributed by atoms with E-state index in [0.29, 0.717) is 16.6 Å². The van der Waals surface area contributed by atoms with E-state index < -0.39 is 11.8 Å². The van der Waals surface area contributed by atoms with Crippen LogP contribution in [0.1, 0.15) is 6.92 Å². The molecule has 0 aliphatic rings. The van der Waals surface area contributed by atoms with Gasteiger partial charge >= 0.3 is 5.97 Å². The Morgan fingerprint density at radius 2 is 2.00 bits per heavy atom. The maximum atomic E-state index is 13.2. The molecule has 0 N–H and O–H groups in total. The van der Waals surface area contributed by atoms with Crippen LogP contribution in [0.5, 0.6) is 0 Å². The molecular weight excluding hydrogens is 347 g/mol. The van der Waals surface area contributed by atoms with Crippen LogP contribution in [-0.4, -0.2) is 22.1 Å². The minimum absolute atomic E-state index is 0.0454. The van der Waals surface area contributed by atoms with Crippen LogP contribution in [0.3, 0.4) is 0 Å². The van der Waals surface area contributed by atoms with Crippen molar-refractivity contribution in [3.05, 3.63) is 63.9 Å². The summed E-state index contributed by atoms with van der Waals surface area (Å²) in [6.45, 7) is 1.88. The van der Waals surface area contributed by atoms with Crippen LogP contribution < -0.4 is 5.43 Å². The summed E-state index contributed by atoms with van der Waals surface area (Å²) in [6, 6.07) is 7.13. The summed E-state index contributed by atoms with van der Waals surface area (Å²) in [7, 11) is 0. The maximum Gasteiger partial charge on any atom is 0.325 e. The van der Waals surface area contributed by atoms with Gasteiger partial charge in [-0.2, -0.15) is 0 Å². The predicted octanol–water partition coefficient (Wildman–Crippen LogP) is 3.42. The van der Waals surface area contributed by atoms with E-state index in [1.165, 1.54) is 30.5 Å². The number of esters is 1. The Balaban J connectivity index is 2.26. The first-order valence-corrected chi connectivity index (χ1v) is 7.98. The van der Waals surface area contributed by atoms with Gasteiger partial charge in [0.25, 0.3) is 0 Å². The Hall–Kier alpha value is -2.73. The monoisotopic (exact) mass is 360 g/mol. The molecule has 7 heteroatoms. The molecule has 0 atom stereocenters. The molecule has 25 heavy (non-hydrogen) atoms. The van der Waals surface area contributed by atoms with E-state index in [1.807, 2.05) is 0 Å². The summed E-state index contributed by atoms with van der Waals surface area (Å²) < 4.78 is 19.7. The van der Waals surface area contributed by atoms with Gasteiger partial charge in [0.05, 0.1) is 17.5 Å². The van der Waals surface area contributed by atoms with Crippen LogP contribution in [-0.2, 0) is 16.1 Å². The number of halogens is 2. The summed E-state index contributed by atoms with van der Waals surface area (Å²) in [6.07, 6.45) is 3.01. The summed E-state index contributed by atoms with van der Waals surface area (Å²) in [4.78, 5) is 28.7. The first kappa shape index (κ1) is 17.1. The molecule has 5 nitrogen and oxygen atoms in total. The minimum atomic E-state index is -0.439. The summed E-state index contributed by atoms with van der Waals surface area (Å²) in [5.41, 5.74) is 0.959. The molecule has 3 rings (SSSR count). The minimum Gasteiger partial charge on any atom is -0.465 e. The third kappa shape index (κ3) is 3.39. The Morgan fingerprint density at radius 1 is 1.28 bits per heavy atom. The molecular formula is C18H14ClFN2O3. The summed E-state index contributed by atoms with van der Waals surface area (Å²) in [5, 5.41) is 0.249. The van der Waals surface area contributed by atoms with Crippen LogP contribution in [0.2, 0.25) is 5.15 Å². The number of hydrogen-bond acceptors (Lipinski definition) is 4. The third-order valence-electron chi connectivity index (χ3n) is 3.71. The Bertz CT molecular complexity index is 1000. The Kier molecular flexibility index (Phi) is 4.81. The summed E-state index contributed by atoms with van der Waals surface area (Å²) in [5.74, 6) is -0.846. The van der Waals surface area contributed by atoms with E-state index in [4.69, 9.17) is 16.3 Å². The van der Waals surface area contributed by atoms with Crippen LogP contribution in [0.15, 0.2) is 47.5 Å². The van der Waals surface area contributed by atoms with Crippen molar-refractivity contribution >= 4 is 28.5 Å². The van der Waals surface area contributed by atoms with Crippen molar-refractivity contribution in [2.45, 2.75) is 13.5 Å². The quantitative estimate of drug-likeness (QED) is 0.528. The lowest BCUT2D eigenvalue weighted by Crippen LogP contribution is -2.18. The number of ether oxygens (including phenoxy) is 1. The van der Waals surface area contributed by atoms with E-state index >= 15 is 0 Å². The van der Waals surface area contributed by atoms with E-state index in [2.05, 4.69) is 4.98 Å². The number of pyridine rings is 2. The number of benzene rings is 1. The second kappa shape index (κ2) is 7.03. The van der Waals surface area contributed by atoms with Gasteiger partial charge in [-0.3, -0.25) is 9.59 Å². The molecule has 0 radical (unpaired) electrons. The van der Waals surface area contributed by atoms with E-state index in [1.54, 1.807) is 23.8 Å². The van der Waals surface area contributed by atoms with Crippen molar-refractivity contribution in [2.24, 2.45) is 0 Å². The second-order valence-corrected chi connectivity index (χ2v) is 5.67. The average molecular weight is 361 g/mol. The maximum absolute atomic E-state index is 13.2. The average Bonchev–Trinajstić information content (AvgIpc) is 2.58. The molecule has 0 aliphatic heterocycles. The molecule has 2 heterocycles. The highest BCUT2D eigenvalue weighted by Gasteiger charge is 2.16. The van der Waals surface area contributed by atoms with Crippen molar-refractivity contribution in [2.75, 3.05) is 6.61 Å². The van der Waals surface area contributed by atoms with E-state index in [0.717, 1.165) is 0 Å². The van der Waals surface area contributed by atoms with Crippen LogP contribution in [0.4, 0.5) is 4.39 Å². The van der Waals surface area contributed by atoms with Gasteiger partial charge in [-0.25, -0.2) is 9.37 Å². The number of carbonyl (C=O) groups is 1. The molecule has 0 unspecified atom stereocenters. The highest BCUT2D eigenvalue weighted by atomic mass is 35.5. The SMILES string of the molecule is CCOC(=O)Cn1cc(-c2ccc(F)cc2)c(=O)c2c(Cl)nccc21. The van der Waals surface area contributed by atoms with Gasteiger partial charge < -0.3 is 9.30 Å². The topological polar surface area (TPSA) is 61.2 Å². The lowest BCUT2D eigenvalue weighted by atomic mass is 10.0. The molecule has 1 aromatic carbocycles. The van der Waals surface area contributed by atoms with Gasteiger partial charge in [-0.05, 0) is 30.7 Å². The van der Waals surface area contributed by atoms with Crippen molar-refractivity contribution in [1.29, 1.82) is 0 Å². The highest BCUT2D eigenvalue weighted by Crippen LogP contribution is 2.23. The number of hydrogen-bond donors (Lipinski definition) is 0. The van der Waals surface area contributed by atoms with Crippen molar-refractivity contribution in [3.8, 4) is 11.1 Å². The Labute approximate surface area is 147 Å². The van der Waals surface area contributed by atoms with Crippen molar-refractivity contribution < 1.29 is 13.9 Å². The molecule has 0 amide bonds. The summed E-state index contributed by atoms with van der Waals surface area (Å²) >= 11 is 6.12. The van der Waals surface area contributed by atoms with E-state index in [-0.39, 0.29) is 29.1 Å². The van der Waals surface area contributed by atoms with Gasteiger partial charge in [-0.15, -0.1) is 0 Å². The molecule has 0 bridgehead atoms. The Morgan fingerprint density at radius 3 is 2.68 bits per heavy atom. The lowest BCUT2D eigenvalue weighted by Gasteiger charge is -2.13. The molecule has 0 saturated carbocycles. The predicted molar refractivity (Wildman–Crippen MR) is 93.0 cm³/mol.